The molecule has 0 aromatic rings. The molecule has 0 amide bonds. The van der Waals surface area contributed by atoms with Crippen molar-refractivity contribution in [1.29, 1.82) is 0 Å². The predicted octanol–water partition coefficient (Wildman–Crippen LogP) is 6.55. The summed E-state index contributed by atoms with van der Waals surface area (Å²) < 4.78 is 0. The minimum absolute atomic E-state index is 0. The fourth-order valence-corrected chi connectivity index (χ4v) is 3.35. The molecule has 2 nitrogen and oxygen atoms in total. The quantitative estimate of drug-likeness (QED) is 0.182. The van der Waals surface area contributed by atoms with Crippen LogP contribution in [0.25, 0.3) is 0 Å². The van der Waals surface area contributed by atoms with Crippen LogP contribution in [-0.2, 0) is 4.79 Å². The summed E-state index contributed by atoms with van der Waals surface area (Å²) in [5.41, 5.74) is 0. The second-order valence-electron chi connectivity index (χ2n) is 7.51. The second kappa shape index (κ2) is 28.5. The second-order valence-corrected chi connectivity index (χ2v) is 7.51. The molecule has 0 aliphatic heterocycles. The van der Waals surface area contributed by atoms with Gasteiger partial charge in [0.2, 0.25) is 0 Å². The average Bonchev–Trinajstić information content (AvgIpc) is 2.56. The fraction of sp³-hybridized carbons (Fsp3) is 0.955. The molecule has 26 heavy (non-hydrogen) atoms. The predicted molar refractivity (Wildman–Crippen MR) is 124 cm³/mol. The van der Waals surface area contributed by atoms with E-state index >= 15 is 0 Å². The van der Waals surface area contributed by atoms with Gasteiger partial charge in [-0.25, -0.2) is 0 Å². The van der Waals surface area contributed by atoms with Gasteiger partial charge in [0.05, 0.1) is 0 Å². The first-order chi connectivity index (χ1) is 11.8. The number of hydrogen-bond donors (Lipinski definition) is 1. The molecule has 0 unspecified atom stereocenters. The van der Waals surface area contributed by atoms with Crippen LogP contribution in [0.2, 0.25) is 0 Å². The summed E-state index contributed by atoms with van der Waals surface area (Å²) in [6.07, 6.45) is 26.1. The van der Waals surface area contributed by atoms with Crippen molar-refractivity contribution in [3.63, 3.8) is 0 Å². The molecule has 0 bridgehead atoms. The number of carboxylic acid groups (broad SMARTS) is 1. The van der Waals surface area contributed by atoms with Gasteiger partial charge in [-0.3, -0.25) is 4.79 Å². The van der Waals surface area contributed by atoms with E-state index in [0.717, 1.165) is 12.8 Å². The number of unbranched alkanes of at least 4 members (excludes halogenated alkanes) is 18. The standard InChI is InChI=1S/C22H44O2.Al.Ca.5H/c1-2-3-4-5-6-7-8-9-10-11-12-13-14-15-16-17-18-19-20-21-22(23)24;;;;;;;/h2-21H2,1H3,(H,23,24);;;;;;;/q;;+2;;;;2*-1. The Bertz CT molecular complexity index is 273. The zero-order valence-electron chi connectivity index (χ0n) is 19.2. The normalized spacial score (nSPS) is 10.2. The third-order valence-electron chi connectivity index (χ3n) is 4.99. The topological polar surface area (TPSA) is 37.3 Å². The van der Waals surface area contributed by atoms with E-state index in [9.17, 15) is 4.79 Å². The van der Waals surface area contributed by atoms with Gasteiger partial charge in [-0.2, -0.15) is 0 Å². The maximum Gasteiger partial charge on any atom is 2.00 e. The Morgan fingerprint density at radius 1 is 0.577 bits per heavy atom. The van der Waals surface area contributed by atoms with Crippen molar-refractivity contribution in [3.05, 3.63) is 0 Å². The van der Waals surface area contributed by atoms with Crippen molar-refractivity contribution in [1.82, 2.24) is 0 Å². The van der Waals surface area contributed by atoms with Crippen molar-refractivity contribution in [2.45, 2.75) is 135 Å². The molecule has 0 fully saturated rings. The Labute approximate surface area is 207 Å². The molecule has 0 heterocycles. The maximum atomic E-state index is 10.4. The van der Waals surface area contributed by atoms with Crippen LogP contribution in [0.1, 0.15) is 138 Å². The molecule has 0 aliphatic carbocycles. The summed E-state index contributed by atoms with van der Waals surface area (Å²) in [4.78, 5) is 10.4. The first kappa shape index (κ1) is 31.9. The number of carbonyl (C=O) groups is 1. The van der Waals surface area contributed by atoms with Gasteiger partial charge < -0.3 is 7.96 Å². The summed E-state index contributed by atoms with van der Waals surface area (Å²) in [6.45, 7) is 2.28. The van der Waals surface area contributed by atoms with E-state index in [1.165, 1.54) is 109 Å². The number of hydrogen-bond acceptors (Lipinski definition) is 1. The first-order valence-corrected chi connectivity index (χ1v) is 11.0. The van der Waals surface area contributed by atoms with Crippen LogP contribution in [-0.4, -0.2) is 66.2 Å². The molecule has 0 saturated heterocycles. The van der Waals surface area contributed by atoms with E-state index in [-0.39, 0.29) is 58.0 Å². The number of carboxylic acids is 1. The maximum absolute atomic E-state index is 10.4. The average molecular weight is 413 g/mol. The largest absolute Gasteiger partial charge is 2.00 e. The van der Waals surface area contributed by atoms with Gasteiger partial charge in [-0.15, -0.1) is 0 Å². The van der Waals surface area contributed by atoms with Gasteiger partial charge in [0.1, 0.15) is 0 Å². The summed E-state index contributed by atoms with van der Waals surface area (Å²) in [6, 6.07) is 0. The van der Waals surface area contributed by atoms with Crippen LogP contribution < -0.4 is 0 Å². The Morgan fingerprint density at radius 3 is 1.04 bits per heavy atom. The smallest absolute Gasteiger partial charge is 1.00 e. The zero-order chi connectivity index (χ0) is 17.7. The molecule has 0 spiro atoms. The summed E-state index contributed by atoms with van der Waals surface area (Å²) in [5.74, 6) is -0.651. The van der Waals surface area contributed by atoms with Gasteiger partial charge in [-0.1, -0.05) is 122 Å². The van der Waals surface area contributed by atoms with E-state index in [2.05, 4.69) is 6.92 Å². The Hall–Kier alpha value is 1.26. The minimum atomic E-state index is -0.651. The first-order valence-electron chi connectivity index (χ1n) is 11.0. The molecule has 0 aromatic heterocycles. The van der Waals surface area contributed by atoms with Crippen molar-refractivity contribution in [3.8, 4) is 0 Å². The fourth-order valence-electron chi connectivity index (χ4n) is 3.35. The van der Waals surface area contributed by atoms with Gasteiger partial charge in [-0.05, 0) is 6.42 Å². The van der Waals surface area contributed by atoms with Crippen LogP contribution >= 0.6 is 0 Å². The number of rotatable bonds is 20. The van der Waals surface area contributed by atoms with Crippen LogP contribution in [0.3, 0.4) is 0 Å². The van der Waals surface area contributed by atoms with Crippen LogP contribution in [0.15, 0.2) is 0 Å². The number of aliphatic carboxylic acids is 1. The van der Waals surface area contributed by atoms with Crippen molar-refractivity contribution in [2.24, 2.45) is 0 Å². The van der Waals surface area contributed by atoms with E-state index in [4.69, 9.17) is 5.11 Å². The van der Waals surface area contributed by atoms with Crippen LogP contribution in [0.4, 0.5) is 0 Å². The monoisotopic (exact) mass is 412 g/mol. The molecule has 154 valence electrons. The molecule has 4 heteroatoms. The van der Waals surface area contributed by atoms with Crippen LogP contribution in [0, 0.1) is 0 Å². The van der Waals surface area contributed by atoms with Crippen molar-refractivity contribution in [2.75, 3.05) is 0 Å². The van der Waals surface area contributed by atoms with E-state index < -0.39 is 5.97 Å². The molecule has 1 N–H and O–H groups in total. The van der Waals surface area contributed by atoms with E-state index in [1.807, 2.05) is 0 Å². The third-order valence-corrected chi connectivity index (χ3v) is 4.99. The molecule has 0 radical (unpaired) electrons. The summed E-state index contributed by atoms with van der Waals surface area (Å²) >= 11 is 0. The molecule has 0 atom stereocenters. The Balaban J connectivity index is -0.000000441. The van der Waals surface area contributed by atoms with Gasteiger partial charge >= 0.3 is 43.7 Å². The Morgan fingerprint density at radius 2 is 0.808 bits per heavy atom. The summed E-state index contributed by atoms with van der Waals surface area (Å²) in [7, 11) is 0. The van der Waals surface area contributed by atoms with E-state index in [0.29, 0.717) is 6.42 Å². The van der Waals surface area contributed by atoms with Crippen molar-refractivity contribution >= 4 is 61.1 Å². The molecular formula is C22H49AlCaO2. The minimum Gasteiger partial charge on any atom is -1.00 e. The molecule has 0 aliphatic rings. The van der Waals surface area contributed by atoms with Crippen molar-refractivity contribution < 1.29 is 12.8 Å². The SMILES string of the molecule is CCCCCCCCCCCCCCCCCCCCCC(=O)O.[AlH3].[Ca+2].[H-].[H-]. The molecule has 0 rings (SSSR count). The van der Waals surface area contributed by atoms with Gasteiger partial charge in [0, 0.05) is 6.42 Å². The van der Waals surface area contributed by atoms with E-state index in [1.54, 1.807) is 0 Å². The third kappa shape index (κ3) is 30.0. The Kier molecular flexibility index (Phi) is 35.0. The molecule has 0 saturated carbocycles. The molecule has 0 aromatic carbocycles. The zero-order valence-corrected chi connectivity index (χ0v) is 19.4. The van der Waals surface area contributed by atoms with Gasteiger partial charge in [0.15, 0.2) is 17.4 Å². The van der Waals surface area contributed by atoms with Gasteiger partial charge in [0.25, 0.3) is 0 Å². The summed E-state index contributed by atoms with van der Waals surface area (Å²) in [5, 5.41) is 8.56. The van der Waals surface area contributed by atoms with Crippen LogP contribution in [0.5, 0.6) is 0 Å². The molecular weight excluding hydrogens is 363 g/mol.